The number of carbonyl (C=O) groups excluding carboxylic acids is 1. The molecule has 1 saturated heterocycles. The van der Waals surface area contributed by atoms with E-state index < -0.39 is 0 Å². The molecule has 0 spiro atoms. The molecule has 6 nitrogen and oxygen atoms in total. The Kier molecular flexibility index (Phi) is 5.81. The normalized spacial score (nSPS) is 18.3. The van der Waals surface area contributed by atoms with E-state index in [9.17, 15) is 4.79 Å². The van der Waals surface area contributed by atoms with Crippen molar-refractivity contribution in [1.29, 1.82) is 0 Å². The smallest absolute Gasteiger partial charge is 0.226 e. The first-order chi connectivity index (χ1) is 14.5. The predicted octanol–water partition coefficient (Wildman–Crippen LogP) is 4.29. The zero-order valence-electron chi connectivity index (χ0n) is 17.0. The SMILES string of the molecule is Cc1ccc(C)c(NC(=O)CCN2C(=S)N[C@@H](c3ccccn3)[C@@H]2c2ccco2)c1. The summed E-state index contributed by atoms with van der Waals surface area (Å²) in [7, 11) is 0. The third-order valence-corrected chi connectivity index (χ3v) is 5.63. The summed E-state index contributed by atoms with van der Waals surface area (Å²) in [6, 6.07) is 15.3. The van der Waals surface area contributed by atoms with Crippen LogP contribution in [0.4, 0.5) is 5.69 Å². The number of pyridine rings is 1. The van der Waals surface area contributed by atoms with Crippen LogP contribution < -0.4 is 10.6 Å². The molecule has 2 aromatic heterocycles. The molecule has 1 aliphatic heterocycles. The molecule has 1 aromatic carbocycles. The van der Waals surface area contributed by atoms with Crippen molar-refractivity contribution in [2.24, 2.45) is 0 Å². The average Bonchev–Trinajstić information content (AvgIpc) is 3.37. The number of nitrogens with zero attached hydrogens (tertiary/aromatic N) is 2. The van der Waals surface area contributed by atoms with Crippen LogP contribution >= 0.6 is 12.2 Å². The summed E-state index contributed by atoms with van der Waals surface area (Å²) in [6.07, 6.45) is 3.72. The highest BCUT2D eigenvalue weighted by atomic mass is 32.1. The van der Waals surface area contributed by atoms with Crippen molar-refractivity contribution >= 4 is 28.9 Å². The molecule has 4 rings (SSSR count). The van der Waals surface area contributed by atoms with E-state index in [4.69, 9.17) is 16.6 Å². The highest BCUT2D eigenvalue weighted by Crippen LogP contribution is 2.38. The van der Waals surface area contributed by atoms with Gasteiger partial charge in [-0.25, -0.2) is 0 Å². The maximum absolute atomic E-state index is 12.6. The quantitative estimate of drug-likeness (QED) is 0.580. The summed E-state index contributed by atoms with van der Waals surface area (Å²) in [5, 5.41) is 6.96. The van der Waals surface area contributed by atoms with Crippen molar-refractivity contribution in [3.63, 3.8) is 0 Å². The Labute approximate surface area is 181 Å². The largest absolute Gasteiger partial charge is 0.467 e. The average molecular weight is 421 g/mol. The summed E-state index contributed by atoms with van der Waals surface area (Å²) in [6.45, 7) is 4.46. The van der Waals surface area contributed by atoms with Gasteiger partial charge in [-0.1, -0.05) is 18.2 Å². The fourth-order valence-electron chi connectivity index (χ4n) is 3.72. The minimum absolute atomic E-state index is 0.0500. The van der Waals surface area contributed by atoms with Crippen LogP contribution in [0.1, 0.15) is 41.1 Å². The van der Waals surface area contributed by atoms with E-state index in [1.807, 2.05) is 67.3 Å². The van der Waals surface area contributed by atoms with Crippen LogP contribution in [0.15, 0.2) is 65.4 Å². The molecule has 7 heteroatoms. The van der Waals surface area contributed by atoms with E-state index in [2.05, 4.69) is 15.6 Å². The first-order valence-electron chi connectivity index (χ1n) is 9.91. The highest BCUT2D eigenvalue weighted by Gasteiger charge is 2.41. The zero-order valence-corrected chi connectivity index (χ0v) is 17.8. The van der Waals surface area contributed by atoms with Crippen LogP contribution in [-0.4, -0.2) is 27.4 Å². The topological polar surface area (TPSA) is 70.4 Å². The molecule has 2 atom stereocenters. The predicted molar refractivity (Wildman–Crippen MR) is 120 cm³/mol. The van der Waals surface area contributed by atoms with Gasteiger partial charge in [0.2, 0.25) is 5.91 Å². The van der Waals surface area contributed by atoms with Gasteiger partial charge in [-0.2, -0.15) is 0 Å². The number of thiocarbonyl (C=S) groups is 1. The van der Waals surface area contributed by atoms with Gasteiger partial charge < -0.3 is 20.0 Å². The molecule has 3 heterocycles. The van der Waals surface area contributed by atoms with Gasteiger partial charge in [0.1, 0.15) is 11.8 Å². The molecule has 154 valence electrons. The zero-order chi connectivity index (χ0) is 21.1. The number of aromatic nitrogens is 1. The number of nitrogens with one attached hydrogen (secondary N) is 2. The summed E-state index contributed by atoms with van der Waals surface area (Å²) >= 11 is 5.60. The van der Waals surface area contributed by atoms with E-state index in [0.29, 0.717) is 18.1 Å². The second-order valence-corrected chi connectivity index (χ2v) is 7.84. The minimum atomic E-state index is -0.170. The number of benzene rings is 1. The number of amides is 1. The van der Waals surface area contributed by atoms with Gasteiger partial charge in [0.25, 0.3) is 0 Å². The van der Waals surface area contributed by atoms with Gasteiger partial charge in [0.05, 0.1) is 18.0 Å². The van der Waals surface area contributed by atoms with E-state index in [1.165, 1.54) is 0 Å². The maximum atomic E-state index is 12.6. The molecule has 0 saturated carbocycles. The fourth-order valence-corrected chi connectivity index (χ4v) is 4.05. The molecule has 1 fully saturated rings. The fraction of sp³-hybridized carbons (Fsp3) is 0.261. The Balaban J connectivity index is 1.50. The van der Waals surface area contributed by atoms with Crippen molar-refractivity contribution in [2.75, 3.05) is 11.9 Å². The number of aryl methyl sites for hydroxylation is 2. The second-order valence-electron chi connectivity index (χ2n) is 7.45. The summed E-state index contributed by atoms with van der Waals surface area (Å²) < 4.78 is 5.71. The van der Waals surface area contributed by atoms with Gasteiger partial charge in [-0.3, -0.25) is 9.78 Å². The lowest BCUT2D eigenvalue weighted by molar-refractivity contribution is -0.116. The lowest BCUT2D eigenvalue weighted by atomic mass is 10.0. The number of hydrogen-bond donors (Lipinski definition) is 2. The van der Waals surface area contributed by atoms with Gasteiger partial charge in [0.15, 0.2) is 5.11 Å². The van der Waals surface area contributed by atoms with E-state index in [1.54, 1.807) is 12.5 Å². The van der Waals surface area contributed by atoms with Crippen LogP contribution in [0.2, 0.25) is 0 Å². The lowest BCUT2D eigenvalue weighted by Gasteiger charge is -2.25. The van der Waals surface area contributed by atoms with Crippen LogP contribution in [0, 0.1) is 13.8 Å². The Morgan fingerprint density at radius 2 is 2.10 bits per heavy atom. The Hall–Kier alpha value is -3.19. The van der Waals surface area contributed by atoms with Gasteiger partial charge in [0, 0.05) is 24.8 Å². The van der Waals surface area contributed by atoms with Gasteiger partial charge >= 0.3 is 0 Å². The number of hydrogen-bond acceptors (Lipinski definition) is 4. The summed E-state index contributed by atoms with van der Waals surface area (Å²) in [5.74, 6) is 0.735. The Morgan fingerprint density at radius 3 is 2.83 bits per heavy atom. The monoisotopic (exact) mass is 420 g/mol. The van der Waals surface area contributed by atoms with Crippen molar-refractivity contribution in [1.82, 2.24) is 15.2 Å². The van der Waals surface area contributed by atoms with Crippen LogP contribution in [0.5, 0.6) is 0 Å². The van der Waals surface area contributed by atoms with Crippen molar-refractivity contribution in [3.05, 3.63) is 83.6 Å². The van der Waals surface area contributed by atoms with Crippen LogP contribution in [0.25, 0.3) is 0 Å². The Bertz CT molecular complexity index is 1040. The van der Waals surface area contributed by atoms with Crippen LogP contribution in [-0.2, 0) is 4.79 Å². The van der Waals surface area contributed by atoms with E-state index >= 15 is 0 Å². The molecule has 30 heavy (non-hydrogen) atoms. The molecular weight excluding hydrogens is 396 g/mol. The van der Waals surface area contributed by atoms with E-state index in [0.717, 1.165) is 28.3 Å². The van der Waals surface area contributed by atoms with Crippen molar-refractivity contribution < 1.29 is 9.21 Å². The third kappa shape index (κ3) is 4.21. The minimum Gasteiger partial charge on any atom is -0.467 e. The number of furan rings is 1. The second kappa shape index (κ2) is 8.67. The molecule has 1 amide bonds. The number of carbonyl (C=O) groups is 1. The summed E-state index contributed by atoms with van der Waals surface area (Å²) in [5.41, 5.74) is 3.87. The van der Waals surface area contributed by atoms with Crippen molar-refractivity contribution in [3.8, 4) is 0 Å². The van der Waals surface area contributed by atoms with Gasteiger partial charge in [-0.15, -0.1) is 0 Å². The van der Waals surface area contributed by atoms with Crippen molar-refractivity contribution in [2.45, 2.75) is 32.4 Å². The third-order valence-electron chi connectivity index (χ3n) is 5.28. The van der Waals surface area contributed by atoms with E-state index in [-0.39, 0.29) is 18.0 Å². The number of anilines is 1. The highest BCUT2D eigenvalue weighted by molar-refractivity contribution is 7.80. The van der Waals surface area contributed by atoms with Crippen LogP contribution in [0.3, 0.4) is 0 Å². The lowest BCUT2D eigenvalue weighted by Crippen LogP contribution is -2.32. The molecule has 0 bridgehead atoms. The number of rotatable bonds is 6. The maximum Gasteiger partial charge on any atom is 0.226 e. The molecule has 0 radical (unpaired) electrons. The molecule has 2 N–H and O–H groups in total. The molecule has 1 aliphatic rings. The molecule has 0 unspecified atom stereocenters. The molecule has 3 aromatic rings. The summed E-state index contributed by atoms with van der Waals surface area (Å²) in [4.78, 5) is 19.1. The Morgan fingerprint density at radius 1 is 1.23 bits per heavy atom. The molecule has 0 aliphatic carbocycles. The molecular formula is C23H24N4O2S. The first kappa shape index (κ1) is 20.1. The van der Waals surface area contributed by atoms with Gasteiger partial charge in [-0.05, 0) is 67.5 Å². The standard InChI is InChI=1S/C23H24N4O2S/c1-15-8-9-16(2)18(14-15)25-20(28)10-12-27-22(19-7-5-13-29-19)21(26-23(27)30)17-6-3-4-11-24-17/h3-9,11,13-14,21-22H,10,12H2,1-2H3,(H,25,28)(H,26,30)/t21-,22-/m0/s1. The first-order valence-corrected chi connectivity index (χ1v) is 10.3.